The van der Waals surface area contributed by atoms with Crippen molar-refractivity contribution in [1.82, 2.24) is 14.9 Å². The van der Waals surface area contributed by atoms with Crippen LogP contribution in [0.4, 0.5) is 13.2 Å². The molecule has 0 bridgehead atoms. The lowest BCUT2D eigenvalue weighted by molar-refractivity contribution is -0.142. The number of aliphatic hydroxyl groups excluding tert-OH is 1. The molecule has 1 atom stereocenters. The van der Waals surface area contributed by atoms with Gasteiger partial charge in [0.1, 0.15) is 5.82 Å². The average Bonchev–Trinajstić information content (AvgIpc) is 3.61. The van der Waals surface area contributed by atoms with Crippen LogP contribution in [0, 0.1) is 0 Å². The highest BCUT2D eigenvalue weighted by Gasteiger charge is 2.50. The van der Waals surface area contributed by atoms with Crippen LogP contribution in [0.25, 0.3) is 5.57 Å². The van der Waals surface area contributed by atoms with Crippen LogP contribution < -0.4 is 5.56 Å². The third kappa shape index (κ3) is 4.83. The fourth-order valence-corrected chi connectivity index (χ4v) is 6.50. The molecule has 1 amide bonds. The molecule has 4 heterocycles. The van der Waals surface area contributed by atoms with Gasteiger partial charge in [-0.25, -0.2) is 4.98 Å². The number of carbonyl (C=O) groups is 1. The maximum Gasteiger partial charge on any atom is 0.416 e. The van der Waals surface area contributed by atoms with Gasteiger partial charge in [-0.2, -0.15) is 13.2 Å². The minimum absolute atomic E-state index is 0.0703. The van der Waals surface area contributed by atoms with Gasteiger partial charge in [-0.05, 0) is 59.5 Å². The summed E-state index contributed by atoms with van der Waals surface area (Å²) in [5.74, 6) is -0.125. The molecule has 39 heavy (non-hydrogen) atoms. The minimum Gasteiger partial charge on any atom is -0.378 e. The normalized spacial score (nSPS) is 19.3. The number of hydrogen-bond donors (Lipinski definition) is 2. The summed E-state index contributed by atoms with van der Waals surface area (Å²) in [7, 11) is 0. The molecule has 1 aromatic carbocycles. The summed E-state index contributed by atoms with van der Waals surface area (Å²) in [5.41, 5.74) is 1.64. The molecule has 1 unspecified atom stereocenters. The molecule has 11 heteroatoms. The van der Waals surface area contributed by atoms with Gasteiger partial charge in [0.2, 0.25) is 0 Å². The molecule has 1 saturated carbocycles. The zero-order chi connectivity index (χ0) is 27.4. The van der Waals surface area contributed by atoms with E-state index in [9.17, 15) is 27.9 Å². The quantitative estimate of drug-likeness (QED) is 0.487. The van der Waals surface area contributed by atoms with Crippen molar-refractivity contribution in [2.24, 2.45) is 0 Å². The van der Waals surface area contributed by atoms with Gasteiger partial charge in [0, 0.05) is 17.8 Å². The summed E-state index contributed by atoms with van der Waals surface area (Å²) >= 11 is 1.66. The number of amides is 1. The summed E-state index contributed by atoms with van der Waals surface area (Å²) < 4.78 is 44.7. The first-order valence-corrected chi connectivity index (χ1v) is 13.7. The summed E-state index contributed by atoms with van der Waals surface area (Å²) in [4.78, 5) is 36.4. The second kappa shape index (κ2) is 9.72. The highest BCUT2D eigenvalue weighted by molar-refractivity contribution is 7.10. The SMILES string of the molecule is O=C(C(O)c1cccc(C(F)(F)F)c1)N1CCc2nc(C3(c4cc(C5=CCOCC5)cs4)CC3)[nH]c(=O)c2C1. The van der Waals surface area contributed by atoms with Crippen LogP contribution in [-0.2, 0) is 34.1 Å². The van der Waals surface area contributed by atoms with Gasteiger partial charge < -0.3 is 19.7 Å². The van der Waals surface area contributed by atoms with Gasteiger partial charge in [0.25, 0.3) is 11.5 Å². The van der Waals surface area contributed by atoms with E-state index >= 15 is 0 Å². The fraction of sp³-hybridized carbons (Fsp3) is 0.393. The smallest absolute Gasteiger partial charge is 0.378 e. The van der Waals surface area contributed by atoms with Gasteiger partial charge in [-0.15, -0.1) is 11.3 Å². The van der Waals surface area contributed by atoms with Gasteiger partial charge in [-0.1, -0.05) is 18.2 Å². The Morgan fingerprint density at radius 1 is 1.23 bits per heavy atom. The predicted molar refractivity (Wildman–Crippen MR) is 138 cm³/mol. The number of aliphatic hydroxyl groups is 1. The van der Waals surface area contributed by atoms with E-state index in [-0.39, 0.29) is 29.6 Å². The first-order chi connectivity index (χ1) is 18.7. The van der Waals surface area contributed by atoms with Crippen molar-refractivity contribution in [1.29, 1.82) is 0 Å². The van der Waals surface area contributed by atoms with E-state index in [0.29, 0.717) is 36.7 Å². The van der Waals surface area contributed by atoms with E-state index < -0.39 is 23.8 Å². The number of halogens is 3. The van der Waals surface area contributed by atoms with Crippen LogP contribution in [0.2, 0.25) is 0 Å². The predicted octanol–water partition coefficient (Wildman–Crippen LogP) is 4.35. The van der Waals surface area contributed by atoms with Crippen LogP contribution in [0.15, 0.2) is 46.6 Å². The summed E-state index contributed by atoms with van der Waals surface area (Å²) in [6, 6.07) is 6.27. The molecular formula is C28H26F3N3O4S. The third-order valence-corrected chi connectivity index (χ3v) is 8.89. The molecule has 1 aliphatic carbocycles. The van der Waals surface area contributed by atoms with E-state index in [1.807, 2.05) is 0 Å². The minimum atomic E-state index is -4.59. The van der Waals surface area contributed by atoms with Crippen molar-refractivity contribution in [3.05, 3.63) is 90.8 Å². The van der Waals surface area contributed by atoms with Crippen LogP contribution >= 0.6 is 11.3 Å². The standard InChI is InChI=1S/C28H26F3N3O4S/c29-28(30,31)19-3-1-2-17(12-19)23(35)25(37)34-9-4-21-20(14-34)24(36)33-26(32-21)27(7-8-27)22-13-18(15-39-22)16-5-10-38-11-6-16/h1-3,5,12-13,15,23,35H,4,6-11,14H2,(H,32,33,36). The number of nitrogens with one attached hydrogen (secondary N) is 1. The summed E-state index contributed by atoms with van der Waals surface area (Å²) in [6.45, 7) is 1.45. The van der Waals surface area contributed by atoms with Crippen LogP contribution in [0.1, 0.15) is 64.0 Å². The van der Waals surface area contributed by atoms with Crippen LogP contribution in [0.5, 0.6) is 0 Å². The second-order valence-electron chi connectivity index (χ2n) is 10.2. The van der Waals surface area contributed by atoms with Crippen molar-refractivity contribution >= 4 is 22.8 Å². The molecular weight excluding hydrogens is 531 g/mol. The van der Waals surface area contributed by atoms with Gasteiger partial charge in [-0.3, -0.25) is 9.59 Å². The van der Waals surface area contributed by atoms with E-state index in [1.54, 1.807) is 11.3 Å². The van der Waals surface area contributed by atoms with Crippen molar-refractivity contribution in [2.45, 2.75) is 49.9 Å². The number of rotatable bonds is 5. The van der Waals surface area contributed by atoms with Crippen molar-refractivity contribution in [3.8, 4) is 0 Å². The summed E-state index contributed by atoms with van der Waals surface area (Å²) in [5, 5.41) is 12.7. The number of fused-ring (bicyclic) bond motifs is 1. The Morgan fingerprint density at radius 2 is 2.05 bits per heavy atom. The van der Waals surface area contributed by atoms with Gasteiger partial charge >= 0.3 is 6.18 Å². The number of aromatic amines is 1. The van der Waals surface area contributed by atoms with Crippen molar-refractivity contribution < 1.29 is 27.8 Å². The number of nitrogens with zero attached hydrogens (tertiary/aromatic N) is 2. The third-order valence-electron chi connectivity index (χ3n) is 7.75. The lowest BCUT2D eigenvalue weighted by Crippen LogP contribution is -2.42. The first-order valence-electron chi connectivity index (χ1n) is 12.8. The van der Waals surface area contributed by atoms with E-state index in [2.05, 4.69) is 22.5 Å². The van der Waals surface area contributed by atoms with Crippen molar-refractivity contribution in [2.75, 3.05) is 19.8 Å². The Hall–Kier alpha value is -3.28. The average molecular weight is 558 g/mol. The van der Waals surface area contributed by atoms with Gasteiger partial charge in [0.05, 0.1) is 42.0 Å². The maximum atomic E-state index is 13.2. The van der Waals surface area contributed by atoms with Crippen molar-refractivity contribution in [3.63, 3.8) is 0 Å². The Kier molecular flexibility index (Phi) is 6.47. The molecule has 2 aromatic heterocycles. The number of H-pyrrole nitrogens is 1. The molecule has 0 spiro atoms. The highest BCUT2D eigenvalue weighted by atomic mass is 32.1. The molecule has 0 saturated heterocycles. The van der Waals surface area contributed by atoms with Crippen LogP contribution in [-0.4, -0.2) is 45.6 Å². The highest BCUT2D eigenvalue weighted by Crippen LogP contribution is 2.54. The molecule has 0 radical (unpaired) electrons. The lowest BCUT2D eigenvalue weighted by Gasteiger charge is -2.30. The largest absolute Gasteiger partial charge is 0.416 e. The first kappa shape index (κ1) is 26.0. The molecule has 204 valence electrons. The zero-order valence-corrected chi connectivity index (χ0v) is 21.7. The number of ether oxygens (including phenoxy) is 1. The molecule has 2 N–H and O–H groups in total. The Bertz CT molecular complexity index is 1520. The Morgan fingerprint density at radius 3 is 2.77 bits per heavy atom. The monoisotopic (exact) mass is 557 g/mol. The number of thiophene rings is 1. The number of alkyl halides is 3. The second-order valence-corrected chi connectivity index (χ2v) is 11.1. The maximum absolute atomic E-state index is 13.2. The van der Waals surface area contributed by atoms with E-state index in [1.165, 1.54) is 22.1 Å². The molecule has 6 rings (SSSR count). The topological polar surface area (TPSA) is 95.5 Å². The van der Waals surface area contributed by atoms with Gasteiger partial charge in [0.15, 0.2) is 6.10 Å². The Labute approximate surface area is 226 Å². The molecule has 3 aliphatic rings. The number of carbonyl (C=O) groups excluding carboxylic acids is 1. The number of hydrogen-bond acceptors (Lipinski definition) is 6. The number of aromatic nitrogens is 2. The van der Waals surface area contributed by atoms with Crippen LogP contribution in [0.3, 0.4) is 0 Å². The Balaban J connectivity index is 1.21. The van der Waals surface area contributed by atoms with E-state index in [4.69, 9.17) is 9.72 Å². The lowest BCUT2D eigenvalue weighted by atomic mass is 9.98. The van der Waals surface area contributed by atoms with E-state index in [0.717, 1.165) is 42.3 Å². The summed E-state index contributed by atoms with van der Waals surface area (Å²) in [6.07, 6.45) is -1.32. The molecule has 1 fully saturated rings. The molecule has 2 aliphatic heterocycles. The molecule has 7 nitrogen and oxygen atoms in total. The fourth-order valence-electron chi connectivity index (χ4n) is 5.31. The number of benzene rings is 1. The zero-order valence-electron chi connectivity index (χ0n) is 20.9. The molecule has 3 aromatic rings.